The summed E-state index contributed by atoms with van der Waals surface area (Å²) < 4.78 is 41.5. The third kappa shape index (κ3) is 3.84. The van der Waals surface area contributed by atoms with Gasteiger partial charge < -0.3 is 9.47 Å². The molecule has 35 heavy (non-hydrogen) atoms. The van der Waals surface area contributed by atoms with Gasteiger partial charge in [-0.2, -0.15) is 8.82 Å². The molecule has 0 atom stereocenters. The van der Waals surface area contributed by atoms with Crippen molar-refractivity contribution in [3.63, 3.8) is 0 Å². The second kappa shape index (κ2) is 8.29. The highest BCUT2D eigenvalue weighted by atomic mass is 32.2. The fourth-order valence-electron chi connectivity index (χ4n) is 4.13. The smallest absolute Gasteiger partial charge is 0.243 e. The minimum Gasteiger partial charge on any atom is -0.454 e. The number of aromatic nitrogens is 5. The second-order valence-corrected chi connectivity index (χ2v) is 10.2. The van der Waals surface area contributed by atoms with Gasteiger partial charge in [-0.05, 0) is 53.2 Å². The van der Waals surface area contributed by atoms with E-state index in [0.717, 1.165) is 22.0 Å². The summed E-state index contributed by atoms with van der Waals surface area (Å²) in [5.41, 5.74) is 3.60. The normalized spacial score (nSPS) is 13.2. The van der Waals surface area contributed by atoms with Crippen LogP contribution < -0.4 is 9.47 Å². The number of pyridine rings is 2. The zero-order chi connectivity index (χ0) is 24.0. The van der Waals surface area contributed by atoms with Crippen LogP contribution in [0.5, 0.6) is 11.5 Å². The van der Waals surface area contributed by atoms with Crippen LogP contribution in [0.4, 0.5) is 0 Å². The molecule has 0 saturated carbocycles. The number of aryl methyl sites for hydroxylation is 1. The maximum absolute atomic E-state index is 13.8. The zero-order valence-electron chi connectivity index (χ0n) is 18.7. The second-order valence-electron chi connectivity index (χ2n) is 8.30. The van der Waals surface area contributed by atoms with E-state index in [4.69, 9.17) is 9.47 Å². The molecule has 0 spiro atoms. The molecule has 4 heterocycles. The first-order chi connectivity index (χ1) is 17.0. The zero-order valence-corrected chi connectivity index (χ0v) is 19.5. The molecule has 0 fully saturated rings. The number of ether oxygens (including phenoxy) is 2. The van der Waals surface area contributed by atoms with Crippen LogP contribution in [0.1, 0.15) is 16.7 Å². The highest BCUT2D eigenvalue weighted by Crippen LogP contribution is 2.37. The molecular formula is C24H20N6O4S. The first-order valence-corrected chi connectivity index (χ1v) is 12.3. The summed E-state index contributed by atoms with van der Waals surface area (Å²) in [5.74, 6) is 1.23. The molecule has 10 nitrogen and oxygen atoms in total. The van der Waals surface area contributed by atoms with Crippen molar-refractivity contribution in [3.8, 4) is 11.5 Å². The number of hydrogen-bond donors (Lipinski definition) is 0. The molecule has 0 saturated heterocycles. The van der Waals surface area contributed by atoms with Crippen LogP contribution in [0.25, 0.3) is 16.6 Å². The number of nitrogens with zero attached hydrogens (tertiary/aromatic N) is 6. The molecule has 5 aromatic rings. The highest BCUT2D eigenvalue weighted by molar-refractivity contribution is 7.89. The molecule has 176 valence electrons. The molecule has 2 aromatic carbocycles. The predicted octanol–water partition coefficient (Wildman–Crippen LogP) is 3.10. The minimum absolute atomic E-state index is 0.0549. The standard InChI is InChI=1S/C24H20N6O4S/c1-16-4-6-20(7-5-16)35(31,32)29(13-17-3-2-8-25-12-17)14-19-9-18-10-22-23(34-15-33-22)11-21(18)30-24(19)26-27-28-30/h2-12H,13-15H2,1H3. The number of benzene rings is 2. The maximum Gasteiger partial charge on any atom is 0.243 e. The Morgan fingerprint density at radius 3 is 2.60 bits per heavy atom. The maximum atomic E-state index is 13.8. The van der Waals surface area contributed by atoms with Crippen molar-refractivity contribution in [1.82, 2.24) is 29.3 Å². The Hall–Kier alpha value is -4.09. The van der Waals surface area contributed by atoms with Crippen molar-refractivity contribution >= 4 is 26.6 Å². The topological polar surface area (TPSA) is 112 Å². The summed E-state index contributed by atoms with van der Waals surface area (Å²) in [7, 11) is -3.85. The van der Waals surface area contributed by atoms with Crippen LogP contribution in [0.15, 0.2) is 71.9 Å². The van der Waals surface area contributed by atoms with E-state index in [2.05, 4.69) is 20.5 Å². The first kappa shape index (κ1) is 21.4. The SMILES string of the molecule is Cc1ccc(S(=O)(=O)N(Cc2cccnc2)Cc2cc3cc4c(cc3n3nnnc23)OCO4)cc1. The number of hydrogen-bond acceptors (Lipinski definition) is 8. The van der Waals surface area contributed by atoms with Crippen LogP contribution in [-0.2, 0) is 23.1 Å². The fraction of sp³-hybridized carbons (Fsp3) is 0.167. The summed E-state index contributed by atoms with van der Waals surface area (Å²) in [6.45, 7) is 2.25. The largest absolute Gasteiger partial charge is 0.454 e. The van der Waals surface area contributed by atoms with Gasteiger partial charge in [0.1, 0.15) is 0 Å². The highest BCUT2D eigenvalue weighted by Gasteiger charge is 2.27. The quantitative estimate of drug-likeness (QED) is 0.358. The Balaban J connectivity index is 1.47. The lowest BCUT2D eigenvalue weighted by Crippen LogP contribution is -2.30. The molecule has 11 heteroatoms. The van der Waals surface area contributed by atoms with E-state index in [1.165, 1.54) is 4.31 Å². The van der Waals surface area contributed by atoms with Crippen LogP contribution in [0.2, 0.25) is 0 Å². The van der Waals surface area contributed by atoms with Gasteiger partial charge in [-0.3, -0.25) is 4.98 Å². The molecular weight excluding hydrogens is 468 g/mol. The molecule has 0 aliphatic carbocycles. The Labute approximate surface area is 200 Å². The van der Waals surface area contributed by atoms with E-state index in [1.807, 2.05) is 31.2 Å². The van der Waals surface area contributed by atoms with Crippen molar-refractivity contribution in [2.45, 2.75) is 24.9 Å². The van der Waals surface area contributed by atoms with Crippen molar-refractivity contribution in [2.75, 3.05) is 6.79 Å². The van der Waals surface area contributed by atoms with Crippen LogP contribution in [-0.4, -0.2) is 44.5 Å². The van der Waals surface area contributed by atoms with Gasteiger partial charge >= 0.3 is 0 Å². The third-order valence-corrected chi connectivity index (χ3v) is 7.73. The monoisotopic (exact) mass is 488 g/mol. The molecule has 3 aromatic heterocycles. The van der Waals surface area contributed by atoms with Gasteiger partial charge in [-0.25, -0.2) is 8.42 Å². The molecule has 0 amide bonds. The Bertz CT molecular complexity index is 1650. The first-order valence-electron chi connectivity index (χ1n) is 10.9. The van der Waals surface area contributed by atoms with Crippen molar-refractivity contribution < 1.29 is 17.9 Å². The summed E-state index contributed by atoms with van der Waals surface area (Å²) in [5, 5.41) is 13.0. The van der Waals surface area contributed by atoms with Gasteiger partial charge in [0.25, 0.3) is 0 Å². The Kier molecular flexibility index (Phi) is 5.08. The lowest BCUT2D eigenvalue weighted by atomic mass is 10.1. The van der Waals surface area contributed by atoms with E-state index in [-0.39, 0.29) is 24.8 Å². The van der Waals surface area contributed by atoms with E-state index in [1.54, 1.807) is 47.2 Å². The van der Waals surface area contributed by atoms with Crippen molar-refractivity contribution in [1.29, 1.82) is 0 Å². The van der Waals surface area contributed by atoms with Crippen molar-refractivity contribution in [3.05, 3.63) is 83.7 Å². The van der Waals surface area contributed by atoms with Crippen LogP contribution in [0.3, 0.4) is 0 Å². The molecule has 0 N–H and O–H groups in total. The molecule has 1 aliphatic heterocycles. The Morgan fingerprint density at radius 2 is 1.83 bits per heavy atom. The molecule has 6 rings (SSSR count). The number of rotatable bonds is 6. The predicted molar refractivity (Wildman–Crippen MR) is 126 cm³/mol. The summed E-state index contributed by atoms with van der Waals surface area (Å²) >= 11 is 0. The minimum atomic E-state index is -3.85. The van der Waals surface area contributed by atoms with Gasteiger partial charge in [-0.1, -0.05) is 23.8 Å². The lowest BCUT2D eigenvalue weighted by Gasteiger charge is -2.23. The van der Waals surface area contributed by atoms with Gasteiger partial charge in [0.15, 0.2) is 17.1 Å². The third-order valence-electron chi connectivity index (χ3n) is 5.92. The number of sulfonamides is 1. The number of fused-ring (bicyclic) bond motifs is 4. The van der Waals surface area contributed by atoms with E-state index < -0.39 is 10.0 Å². The van der Waals surface area contributed by atoms with Crippen molar-refractivity contribution in [2.24, 2.45) is 0 Å². The summed E-state index contributed by atoms with van der Waals surface area (Å²) in [6.07, 6.45) is 3.31. The van der Waals surface area contributed by atoms with E-state index in [9.17, 15) is 8.42 Å². The Morgan fingerprint density at radius 1 is 1.03 bits per heavy atom. The molecule has 0 bridgehead atoms. The van der Waals surface area contributed by atoms with Gasteiger partial charge in [0.2, 0.25) is 16.8 Å². The summed E-state index contributed by atoms with van der Waals surface area (Å²) in [4.78, 5) is 4.36. The number of tetrazole rings is 1. The molecule has 1 aliphatic rings. The summed E-state index contributed by atoms with van der Waals surface area (Å²) in [6, 6.07) is 16.0. The van der Waals surface area contributed by atoms with Gasteiger partial charge in [0, 0.05) is 42.5 Å². The lowest BCUT2D eigenvalue weighted by molar-refractivity contribution is 0.174. The fourth-order valence-corrected chi connectivity index (χ4v) is 5.54. The van der Waals surface area contributed by atoms with E-state index in [0.29, 0.717) is 22.7 Å². The van der Waals surface area contributed by atoms with Gasteiger partial charge in [-0.15, -0.1) is 5.10 Å². The molecule has 0 unspecified atom stereocenters. The van der Waals surface area contributed by atoms with Crippen LogP contribution >= 0.6 is 0 Å². The average molecular weight is 489 g/mol. The van der Waals surface area contributed by atoms with E-state index >= 15 is 0 Å². The van der Waals surface area contributed by atoms with Crippen LogP contribution in [0, 0.1) is 6.92 Å². The molecule has 0 radical (unpaired) electrons. The average Bonchev–Trinajstić information content (AvgIpc) is 3.53. The van der Waals surface area contributed by atoms with Gasteiger partial charge in [0.05, 0.1) is 10.4 Å².